The van der Waals surface area contributed by atoms with Gasteiger partial charge in [-0.25, -0.2) is 4.79 Å². The number of carboxylic acid groups (broad SMARTS) is 1. The largest absolute Gasteiger partial charge is 0.478 e. The smallest absolute Gasteiger partial charge is 0.335 e. The molecule has 1 saturated heterocycles. The maximum atomic E-state index is 12.4. The van der Waals surface area contributed by atoms with Gasteiger partial charge in [0.15, 0.2) is 0 Å². The fraction of sp³-hybridized carbons (Fsp3) is 0.333. The summed E-state index contributed by atoms with van der Waals surface area (Å²) in [5.74, 6) is -0.244. The topological polar surface area (TPSA) is 69.6 Å². The average Bonchev–Trinajstić information content (AvgIpc) is 3.37. The van der Waals surface area contributed by atoms with Crippen LogP contribution in [-0.2, 0) is 11.3 Å². The van der Waals surface area contributed by atoms with Crippen LogP contribution in [0, 0.1) is 0 Å². The molecule has 26 heavy (non-hydrogen) atoms. The number of aromatic carboxylic acids is 1. The van der Waals surface area contributed by atoms with Crippen LogP contribution in [0.15, 0.2) is 54.6 Å². The summed E-state index contributed by atoms with van der Waals surface area (Å²) in [5, 5.41) is 12.5. The lowest BCUT2D eigenvalue weighted by molar-refractivity contribution is -0.128. The summed E-state index contributed by atoms with van der Waals surface area (Å²) < 4.78 is 0. The number of hydrogen-bond donors (Lipinski definition) is 2. The van der Waals surface area contributed by atoms with Crippen LogP contribution in [0.4, 0.5) is 0 Å². The molecule has 3 unspecified atom stereocenters. The summed E-state index contributed by atoms with van der Waals surface area (Å²) in [6.45, 7) is 1.30. The average molecular weight is 350 g/mol. The van der Waals surface area contributed by atoms with Crippen molar-refractivity contribution < 1.29 is 14.7 Å². The Bertz CT molecular complexity index is 821. The van der Waals surface area contributed by atoms with Crippen molar-refractivity contribution in [2.45, 2.75) is 37.4 Å². The second kappa shape index (κ2) is 6.92. The number of nitrogens with zero attached hydrogens (tertiary/aromatic N) is 1. The van der Waals surface area contributed by atoms with Gasteiger partial charge in [-0.15, -0.1) is 0 Å². The lowest BCUT2D eigenvalue weighted by Gasteiger charge is -2.17. The molecule has 1 heterocycles. The SMILES string of the molecule is O=C(O)c1cccc(CNC2CC(=O)N(C3CC3c3ccccc3)C2)c1. The van der Waals surface area contributed by atoms with Crippen LogP contribution in [0.5, 0.6) is 0 Å². The summed E-state index contributed by atoms with van der Waals surface area (Å²) in [6, 6.07) is 17.7. The predicted octanol–water partition coefficient (Wildman–Crippen LogP) is 2.63. The number of benzene rings is 2. The van der Waals surface area contributed by atoms with Crippen molar-refractivity contribution in [2.24, 2.45) is 0 Å². The first kappa shape index (κ1) is 16.8. The van der Waals surface area contributed by atoms with E-state index in [0.29, 0.717) is 24.9 Å². The quantitative estimate of drug-likeness (QED) is 0.840. The fourth-order valence-corrected chi connectivity index (χ4v) is 3.85. The molecule has 0 radical (unpaired) electrons. The number of likely N-dealkylation sites (tertiary alicyclic amines) is 1. The van der Waals surface area contributed by atoms with Crippen LogP contribution in [0.25, 0.3) is 0 Å². The van der Waals surface area contributed by atoms with Crippen LogP contribution in [0.2, 0.25) is 0 Å². The molecule has 134 valence electrons. The zero-order chi connectivity index (χ0) is 18.1. The molecule has 0 aromatic heterocycles. The van der Waals surface area contributed by atoms with Crippen LogP contribution in [-0.4, -0.2) is 40.5 Å². The van der Waals surface area contributed by atoms with E-state index in [9.17, 15) is 9.59 Å². The summed E-state index contributed by atoms with van der Waals surface area (Å²) in [6.07, 6.45) is 1.56. The number of carbonyl (C=O) groups is 2. The molecular weight excluding hydrogens is 328 g/mol. The number of carboxylic acids is 1. The predicted molar refractivity (Wildman–Crippen MR) is 97.9 cm³/mol. The van der Waals surface area contributed by atoms with Gasteiger partial charge in [0.1, 0.15) is 0 Å². The molecule has 1 aliphatic heterocycles. The van der Waals surface area contributed by atoms with Crippen molar-refractivity contribution in [3.05, 3.63) is 71.3 Å². The van der Waals surface area contributed by atoms with Crippen molar-refractivity contribution in [3.8, 4) is 0 Å². The van der Waals surface area contributed by atoms with Gasteiger partial charge in [-0.1, -0.05) is 42.5 Å². The first-order valence-electron chi connectivity index (χ1n) is 9.02. The monoisotopic (exact) mass is 350 g/mol. The van der Waals surface area contributed by atoms with Crippen LogP contribution >= 0.6 is 0 Å². The molecule has 2 aliphatic rings. The Kier molecular flexibility index (Phi) is 4.47. The highest BCUT2D eigenvalue weighted by Gasteiger charge is 2.47. The normalized spacial score (nSPS) is 24.7. The van der Waals surface area contributed by atoms with Gasteiger partial charge in [0.25, 0.3) is 0 Å². The first-order chi connectivity index (χ1) is 12.6. The van der Waals surface area contributed by atoms with E-state index >= 15 is 0 Å². The Morgan fingerprint density at radius 2 is 1.96 bits per heavy atom. The Balaban J connectivity index is 1.33. The molecule has 2 fully saturated rings. The Labute approximate surface area is 152 Å². The minimum absolute atomic E-state index is 0.119. The van der Waals surface area contributed by atoms with E-state index in [2.05, 4.69) is 17.4 Å². The summed E-state index contributed by atoms with van der Waals surface area (Å²) >= 11 is 0. The van der Waals surface area contributed by atoms with E-state index in [0.717, 1.165) is 18.5 Å². The second-order valence-corrected chi connectivity index (χ2v) is 7.15. The molecule has 1 aliphatic carbocycles. The van der Waals surface area contributed by atoms with Crippen molar-refractivity contribution in [2.75, 3.05) is 6.54 Å². The molecule has 5 nitrogen and oxygen atoms in total. The van der Waals surface area contributed by atoms with Gasteiger partial charge in [0.2, 0.25) is 5.91 Å². The van der Waals surface area contributed by atoms with Gasteiger partial charge in [0.05, 0.1) is 5.56 Å². The Morgan fingerprint density at radius 1 is 1.15 bits per heavy atom. The Hall–Kier alpha value is -2.66. The van der Waals surface area contributed by atoms with Gasteiger partial charge < -0.3 is 15.3 Å². The molecule has 5 heteroatoms. The number of amides is 1. The summed E-state index contributed by atoms with van der Waals surface area (Å²) in [7, 11) is 0. The van der Waals surface area contributed by atoms with Gasteiger partial charge in [-0.05, 0) is 29.7 Å². The fourth-order valence-electron chi connectivity index (χ4n) is 3.85. The number of nitrogens with one attached hydrogen (secondary N) is 1. The molecular formula is C21H22N2O3. The molecule has 4 rings (SSSR count). The van der Waals surface area contributed by atoms with Crippen LogP contribution in [0.1, 0.15) is 40.2 Å². The lowest BCUT2D eigenvalue weighted by Crippen LogP contribution is -2.34. The molecule has 2 N–H and O–H groups in total. The highest BCUT2D eigenvalue weighted by Crippen LogP contribution is 2.45. The first-order valence-corrected chi connectivity index (χ1v) is 9.02. The van der Waals surface area contributed by atoms with E-state index in [1.54, 1.807) is 18.2 Å². The molecule has 1 amide bonds. The van der Waals surface area contributed by atoms with E-state index in [1.807, 2.05) is 29.2 Å². The van der Waals surface area contributed by atoms with E-state index in [1.165, 1.54) is 5.56 Å². The molecule has 0 bridgehead atoms. The third-order valence-corrected chi connectivity index (χ3v) is 5.31. The highest BCUT2D eigenvalue weighted by molar-refractivity contribution is 5.87. The second-order valence-electron chi connectivity index (χ2n) is 7.15. The Morgan fingerprint density at radius 3 is 2.73 bits per heavy atom. The molecule has 2 aromatic carbocycles. The maximum Gasteiger partial charge on any atom is 0.335 e. The van der Waals surface area contributed by atoms with Crippen molar-refractivity contribution in [3.63, 3.8) is 0 Å². The van der Waals surface area contributed by atoms with Gasteiger partial charge in [0, 0.05) is 37.5 Å². The molecule has 3 atom stereocenters. The zero-order valence-corrected chi connectivity index (χ0v) is 14.5. The number of rotatable bonds is 6. The van der Waals surface area contributed by atoms with Gasteiger partial charge in [-0.2, -0.15) is 0 Å². The summed E-state index contributed by atoms with van der Waals surface area (Å²) in [5.41, 5.74) is 2.52. The summed E-state index contributed by atoms with van der Waals surface area (Å²) in [4.78, 5) is 25.5. The minimum Gasteiger partial charge on any atom is -0.478 e. The van der Waals surface area contributed by atoms with Gasteiger partial charge >= 0.3 is 5.97 Å². The van der Waals surface area contributed by atoms with Crippen molar-refractivity contribution in [1.29, 1.82) is 0 Å². The standard InChI is InChI=1S/C21H22N2O3/c24-20-10-17(22-12-14-5-4-8-16(9-14)21(25)26)13-23(20)19-11-18(19)15-6-2-1-3-7-15/h1-9,17-19,22H,10-13H2,(H,25,26). The third-order valence-electron chi connectivity index (χ3n) is 5.31. The van der Waals surface area contributed by atoms with Crippen LogP contribution in [0.3, 0.4) is 0 Å². The zero-order valence-electron chi connectivity index (χ0n) is 14.5. The van der Waals surface area contributed by atoms with Crippen molar-refractivity contribution in [1.82, 2.24) is 10.2 Å². The minimum atomic E-state index is -0.922. The maximum absolute atomic E-state index is 12.4. The van der Waals surface area contributed by atoms with Crippen molar-refractivity contribution >= 4 is 11.9 Å². The van der Waals surface area contributed by atoms with E-state index in [-0.39, 0.29) is 17.5 Å². The molecule has 2 aromatic rings. The molecule has 1 saturated carbocycles. The lowest BCUT2D eigenvalue weighted by atomic mass is 10.1. The van der Waals surface area contributed by atoms with Crippen LogP contribution < -0.4 is 5.32 Å². The highest BCUT2D eigenvalue weighted by atomic mass is 16.4. The van der Waals surface area contributed by atoms with Gasteiger partial charge in [-0.3, -0.25) is 4.79 Å². The van der Waals surface area contributed by atoms with E-state index in [4.69, 9.17) is 5.11 Å². The van der Waals surface area contributed by atoms with E-state index < -0.39 is 5.97 Å². The number of hydrogen-bond acceptors (Lipinski definition) is 3. The number of carbonyl (C=O) groups excluding carboxylic acids is 1. The third kappa shape index (κ3) is 3.48. The molecule has 0 spiro atoms.